The quantitative estimate of drug-likeness (QED) is 0.175. The number of carboxylic acid groups (broad SMARTS) is 1. The molecule has 47 heavy (non-hydrogen) atoms. The Hall–Kier alpha value is -6.12. The molecule has 0 bridgehead atoms. The lowest BCUT2D eigenvalue weighted by molar-refractivity contribution is 0.0593. The number of rotatable bonds is 6. The van der Waals surface area contributed by atoms with Gasteiger partial charge in [-0.2, -0.15) is 0 Å². The minimum absolute atomic E-state index is 0.0479. The number of fused-ring (bicyclic) bond motifs is 2. The average Bonchev–Trinajstić information content (AvgIpc) is 3.94. The molecule has 0 amide bonds. The van der Waals surface area contributed by atoms with Crippen LogP contribution in [0.2, 0.25) is 0 Å². The molecule has 6 aromatic heterocycles. The van der Waals surface area contributed by atoms with E-state index >= 15 is 0 Å². The highest BCUT2D eigenvalue weighted by Gasteiger charge is 2.15. The minimum atomic E-state index is -1.09. The van der Waals surface area contributed by atoms with E-state index in [1.807, 2.05) is 47.2 Å². The number of esters is 1. The van der Waals surface area contributed by atoms with E-state index in [1.54, 1.807) is 53.3 Å². The van der Waals surface area contributed by atoms with Crippen LogP contribution in [0.4, 0.5) is 0 Å². The predicted octanol–water partition coefficient (Wildman–Crippen LogP) is 7.51. The van der Waals surface area contributed by atoms with E-state index in [1.165, 1.54) is 25.6 Å². The lowest BCUT2D eigenvalue weighted by atomic mass is 10.2. The lowest BCUT2D eigenvalue weighted by Crippen LogP contribution is -2.03. The lowest BCUT2D eigenvalue weighted by Gasteiger charge is -1.99. The van der Waals surface area contributed by atoms with E-state index in [0.717, 1.165) is 26.7 Å². The normalized spacial score (nSPS) is 10.9. The molecule has 8 rings (SSSR count). The van der Waals surface area contributed by atoms with Crippen molar-refractivity contribution in [1.29, 1.82) is 0 Å². The molecule has 0 saturated carbocycles. The summed E-state index contributed by atoms with van der Waals surface area (Å²) in [5.41, 5.74) is 6.08. The summed E-state index contributed by atoms with van der Waals surface area (Å²) in [5.74, 6) is -0.803. The third kappa shape index (κ3) is 6.22. The number of ether oxygens (including phenoxy) is 1. The number of aromatic carboxylic acids is 1. The fraction of sp³-hybridized carbons (Fsp3) is 0.0303. The van der Waals surface area contributed by atoms with Crippen molar-refractivity contribution in [3.8, 4) is 44.1 Å². The molecule has 0 fully saturated rings. The molecule has 1 N–H and O–H groups in total. The average molecular weight is 661 g/mol. The van der Waals surface area contributed by atoms with E-state index in [4.69, 9.17) is 13.9 Å². The standard InChI is InChI=1S/C17H11N3O3S.C16H9N3O3S/c1-22-17(21)13-8-10(4-5-18-13)15-20-12-9-11(2-3-14(12)23-15)16-19-6-7-24-16;20-16(21)12-7-9(3-4-17-12)14-19-11-8-10(1-2-13(11)22-14)15-18-5-6-23-15/h2-9H,1H3;1-8H,(H,20,21). The Morgan fingerprint density at radius 1 is 0.638 bits per heavy atom. The summed E-state index contributed by atoms with van der Waals surface area (Å²) in [6.07, 6.45) is 6.47. The van der Waals surface area contributed by atoms with Crippen LogP contribution in [0.15, 0.2) is 105 Å². The van der Waals surface area contributed by atoms with E-state index in [2.05, 4.69) is 34.6 Å². The van der Waals surface area contributed by atoms with Crippen molar-refractivity contribution in [1.82, 2.24) is 29.9 Å². The second kappa shape index (κ2) is 12.7. The van der Waals surface area contributed by atoms with Crippen LogP contribution < -0.4 is 0 Å². The van der Waals surface area contributed by atoms with Crippen molar-refractivity contribution in [2.75, 3.05) is 7.11 Å². The summed E-state index contributed by atoms with van der Waals surface area (Å²) >= 11 is 3.12. The molecule has 8 aromatic rings. The van der Waals surface area contributed by atoms with Crippen LogP contribution >= 0.6 is 22.7 Å². The largest absolute Gasteiger partial charge is 0.477 e. The Kier molecular flexibility index (Phi) is 8.00. The van der Waals surface area contributed by atoms with Gasteiger partial charge in [-0.25, -0.2) is 39.5 Å². The summed E-state index contributed by atoms with van der Waals surface area (Å²) in [6.45, 7) is 0. The number of thiazole rings is 2. The van der Waals surface area contributed by atoms with Crippen LogP contribution in [0.5, 0.6) is 0 Å². The van der Waals surface area contributed by atoms with E-state index in [0.29, 0.717) is 39.6 Å². The first-order chi connectivity index (χ1) is 22.9. The van der Waals surface area contributed by atoms with Gasteiger partial charge < -0.3 is 18.7 Å². The number of methoxy groups -OCH3 is 1. The van der Waals surface area contributed by atoms with Crippen LogP contribution in [-0.2, 0) is 4.74 Å². The first-order valence-corrected chi connectivity index (χ1v) is 15.6. The van der Waals surface area contributed by atoms with Crippen LogP contribution in [0.25, 0.3) is 66.2 Å². The summed E-state index contributed by atoms with van der Waals surface area (Å²) in [6, 6.07) is 17.8. The van der Waals surface area contributed by atoms with Crippen molar-refractivity contribution >= 4 is 56.8 Å². The van der Waals surface area contributed by atoms with E-state index in [9.17, 15) is 9.59 Å². The maximum absolute atomic E-state index is 11.6. The number of benzene rings is 2. The number of nitrogens with zero attached hydrogens (tertiary/aromatic N) is 6. The van der Waals surface area contributed by atoms with Gasteiger partial charge in [0.25, 0.3) is 0 Å². The highest BCUT2D eigenvalue weighted by Crippen LogP contribution is 2.31. The zero-order chi connectivity index (χ0) is 32.3. The molecular weight excluding hydrogens is 641 g/mol. The van der Waals surface area contributed by atoms with Crippen molar-refractivity contribution < 1.29 is 28.3 Å². The topological polar surface area (TPSA) is 167 Å². The van der Waals surface area contributed by atoms with Gasteiger partial charge in [-0.05, 0) is 60.7 Å². The Bertz CT molecular complexity index is 2370. The van der Waals surface area contributed by atoms with Gasteiger partial charge in [-0.1, -0.05) is 0 Å². The van der Waals surface area contributed by atoms with Gasteiger partial charge in [-0.15, -0.1) is 22.7 Å². The molecule has 0 saturated heterocycles. The Labute approximate surface area is 273 Å². The molecule has 0 aliphatic heterocycles. The van der Waals surface area contributed by atoms with Crippen molar-refractivity contribution in [3.05, 3.63) is 108 Å². The summed E-state index contributed by atoms with van der Waals surface area (Å²) < 4.78 is 16.2. The SMILES string of the molecule is COC(=O)c1cc(-c2nc3cc(-c4nccs4)ccc3o2)ccn1.O=C(O)c1cc(-c2nc3cc(-c4nccs4)ccc3o2)ccn1. The molecule has 14 heteroatoms. The van der Waals surface area contributed by atoms with Gasteiger partial charge >= 0.3 is 11.9 Å². The smallest absolute Gasteiger partial charge is 0.356 e. The number of oxazole rings is 2. The number of carbonyl (C=O) groups excluding carboxylic acids is 1. The molecule has 0 spiro atoms. The zero-order valence-electron chi connectivity index (χ0n) is 24.2. The molecule has 0 radical (unpaired) electrons. The molecular formula is C33H20N6O6S2. The van der Waals surface area contributed by atoms with Crippen LogP contribution in [0, 0.1) is 0 Å². The third-order valence-corrected chi connectivity index (χ3v) is 8.41. The fourth-order valence-electron chi connectivity index (χ4n) is 4.56. The first-order valence-electron chi connectivity index (χ1n) is 13.8. The van der Waals surface area contributed by atoms with Gasteiger partial charge in [0.1, 0.15) is 32.4 Å². The monoisotopic (exact) mass is 660 g/mol. The fourth-order valence-corrected chi connectivity index (χ4v) is 5.83. The van der Waals surface area contributed by atoms with Crippen molar-refractivity contribution in [3.63, 3.8) is 0 Å². The molecule has 230 valence electrons. The zero-order valence-corrected chi connectivity index (χ0v) is 25.9. The number of carboxylic acids is 1. The molecule has 12 nitrogen and oxygen atoms in total. The maximum Gasteiger partial charge on any atom is 0.356 e. The third-order valence-electron chi connectivity index (χ3n) is 6.76. The van der Waals surface area contributed by atoms with E-state index in [-0.39, 0.29) is 11.4 Å². The molecule has 0 aliphatic carbocycles. The number of carbonyl (C=O) groups is 2. The van der Waals surface area contributed by atoms with Gasteiger partial charge in [0, 0.05) is 57.8 Å². The number of hydrogen-bond acceptors (Lipinski definition) is 13. The van der Waals surface area contributed by atoms with Gasteiger partial charge in [0.2, 0.25) is 11.8 Å². The second-order valence-corrected chi connectivity index (χ2v) is 11.5. The van der Waals surface area contributed by atoms with Gasteiger partial charge in [0.15, 0.2) is 11.2 Å². The molecule has 0 atom stereocenters. The first kappa shape index (κ1) is 29.6. The Morgan fingerprint density at radius 2 is 1.15 bits per heavy atom. The molecule has 0 unspecified atom stereocenters. The van der Waals surface area contributed by atoms with Crippen LogP contribution in [0.3, 0.4) is 0 Å². The highest BCUT2D eigenvalue weighted by molar-refractivity contribution is 7.13. The molecule has 2 aromatic carbocycles. The Balaban J connectivity index is 0.000000150. The Morgan fingerprint density at radius 3 is 1.62 bits per heavy atom. The highest BCUT2D eigenvalue weighted by atomic mass is 32.1. The molecule has 6 heterocycles. The van der Waals surface area contributed by atoms with Gasteiger partial charge in [0.05, 0.1) is 7.11 Å². The van der Waals surface area contributed by atoms with Crippen molar-refractivity contribution in [2.24, 2.45) is 0 Å². The molecule has 0 aliphatic rings. The number of pyridine rings is 2. The summed E-state index contributed by atoms with van der Waals surface area (Å²) in [4.78, 5) is 47.9. The second-order valence-electron chi connectivity index (χ2n) is 9.73. The van der Waals surface area contributed by atoms with Crippen LogP contribution in [0.1, 0.15) is 21.0 Å². The number of aromatic nitrogens is 6. The van der Waals surface area contributed by atoms with Gasteiger partial charge in [-0.3, -0.25) is 0 Å². The van der Waals surface area contributed by atoms with Crippen molar-refractivity contribution in [2.45, 2.75) is 0 Å². The van der Waals surface area contributed by atoms with Crippen LogP contribution in [-0.4, -0.2) is 54.1 Å². The summed E-state index contributed by atoms with van der Waals surface area (Å²) in [5, 5.41) is 14.7. The summed E-state index contributed by atoms with van der Waals surface area (Å²) in [7, 11) is 1.32. The number of hydrogen-bond donors (Lipinski definition) is 1. The maximum atomic E-state index is 11.6. The van der Waals surface area contributed by atoms with E-state index < -0.39 is 11.9 Å². The minimum Gasteiger partial charge on any atom is -0.477 e. The predicted molar refractivity (Wildman–Crippen MR) is 175 cm³/mol.